The first-order valence-corrected chi connectivity index (χ1v) is 3.11. The van der Waals surface area contributed by atoms with E-state index < -0.39 is 6.04 Å². The lowest BCUT2D eigenvalue weighted by atomic mass is 10.2. The zero-order valence-corrected chi connectivity index (χ0v) is 5.77. The minimum Gasteiger partial charge on any atom is -0.321 e. The second-order valence-corrected chi connectivity index (χ2v) is 1.96. The van der Waals surface area contributed by atoms with Gasteiger partial charge in [0.1, 0.15) is 0 Å². The second-order valence-electron chi connectivity index (χ2n) is 1.59. The van der Waals surface area contributed by atoms with Gasteiger partial charge in [0.25, 0.3) is 0 Å². The van der Waals surface area contributed by atoms with E-state index in [2.05, 4.69) is 12.6 Å². The number of carbonyl (C=O) groups is 1. The number of rotatable bonds is 3. The number of nitriles is 1. The molecule has 0 bridgehead atoms. The van der Waals surface area contributed by atoms with Crippen LogP contribution in [-0.4, -0.2) is 17.6 Å². The van der Waals surface area contributed by atoms with Crippen LogP contribution in [0, 0.1) is 11.3 Å². The highest BCUT2D eigenvalue weighted by Gasteiger charge is 2.09. The van der Waals surface area contributed by atoms with E-state index in [0.29, 0.717) is 5.75 Å². The molecule has 0 aliphatic carbocycles. The number of hydrogen-bond donors (Lipinski definition) is 2. The third kappa shape index (κ3) is 3.12. The molecule has 0 heterocycles. The highest BCUT2D eigenvalue weighted by atomic mass is 32.1. The van der Waals surface area contributed by atoms with Gasteiger partial charge in [-0.15, -0.1) is 0 Å². The van der Waals surface area contributed by atoms with Crippen LogP contribution in [0.25, 0.3) is 0 Å². The van der Waals surface area contributed by atoms with E-state index >= 15 is 0 Å². The van der Waals surface area contributed by atoms with Gasteiger partial charge < -0.3 is 5.73 Å². The summed E-state index contributed by atoms with van der Waals surface area (Å²) in [6.45, 7) is 0. The maximum atomic E-state index is 10.6. The van der Waals surface area contributed by atoms with Gasteiger partial charge in [0.2, 0.25) is 0 Å². The number of Topliss-reactive ketones (excluding diaryl/α,β-unsaturated/α-hetero) is 1. The van der Waals surface area contributed by atoms with E-state index in [1.165, 1.54) is 0 Å². The summed E-state index contributed by atoms with van der Waals surface area (Å²) in [5.74, 6) is 0.0630. The lowest BCUT2D eigenvalue weighted by Gasteiger charge is -2.00. The number of thiol groups is 1. The van der Waals surface area contributed by atoms with Crippen molar-refractivity contribution in [2.45, 2.75) is 12.5 Å². The maximum absolute atomic E-state index is 10.6. The van der Waals surface area contributed by atoms with Crippen molar-refractivity contribution < 1.29 is 4.79 Å². The summed E-state index contributed by atoms with van der Waals surface area (Å²) in [5.41, 5.74) is 5.23. The molecule has 0 saturated heterocycles. The predicted molar refractivity (Wildman–Crippen MR) is 37.1 cm³/mol. The summed E-state index contributed by atoms with van der Waals surface area (Å²) in [6.07, 6.45) is -0.109. The second kappa shape index (κ2) is 4.36. The van der Waals surface area contributed by atoms with Crippen LogP contribution in [0.5, 0.6) is 0 Å². The van der Waals surface area contributed by atoms with E-state index in [9.17, 15) is 4.79 Å². The molecule has 4 heteroatoms. The quantitative estimate of drug-likeness (QED) is 0.536. The number of ketones is 1. The van der Waals surface area contributed by atoms with Crippen molar-refractivity contribution in [2.75, 3.05) is 5.75 Å². The molecule has 0 aliphatic rings. The summed E-state index contributed by atoms with van der Waals surface area (Å²) in [5, 5.41) is 8.03. The molecular weight excluding hydrogens is 136 g/mol. The molecule has 50 valence electrons. The third-order valence-corrected chi connectivity index (χ3v) is 1.26. The number of hydrogen-bond acceptors (Lipinski definition) is 4. The van der Waals surface area contributed by atoms with Crippen molar-refractivity contribution in [3.05, 3.63) is 0 Å². The fraction of sp³-hybridized carbons (Fsp3) is 0.600. The Morgan fingerprint density at radius 3 is 2.78 bits per heavy atom. The van der Waals surface area contributed by atoms with Gasteiger partial charge >= 0.3 is 0 Å². The van der Waals surface area contributed by atoms with Crippen LogP contribution in [0.15, 0.2) is 0 Å². The van der Waals surface area contributed by atoms with Gasteiger partial charge in [0, 0.05) is 5.75 Å². The van der Waals surface area contributed by atoms with Crippen LogP contribution in [-0.2, 0) is 4.79 Å². The monoisotopic (exact) mass is 144 g/mol. The highest BCUT2D eigenvalue weighted by Crippen LogP contribution is 1.89. The first-order chi connectivity index (χ1) is 4.22. The van der Waals surface area contributed by atoms with Crippen LogP contribution in [0.3, 0.4) is 0 Å². The molecule has 0 spiro atoms. The molecule has 0 saturated carbocycles. The smallest absolute Gasteiger partial charge is 0.164 e. The Bertz CT molecular complexity index is 140. The molecule has 1 atom stereocenters. The fourth-order valence-electron chi connectivity index (χ4n) is 0.311. The van der Waals surface area contributed by atoms with Gasteiger partial charge in [-0.3, -0.25) is 4.79 Å². The van der Waals surface area contributed by atoms with Gasteiger partial charge in [-0.2, -0.15) is 17.9 Å². The molecule has 0 amide bonds. The normalized spacial score (nSPS) is 12.1. The fourth-order valence-corrected chi connectivity index (χ4v) is 0.514. The largest absolute Gasteiger partial charge is 0.321 e. The topological polar surface area (TPSA) is 66.9 Å². The average molecular weight is 144 g/mol. The first-order valence-electron chi connectivity index (χ1n) is 2.48. The molecule has 0 rings (SSSR count). The lowest BCUT2D eigenvalue weighted by Crippen LogP contribution is -2.31. The average Bonchev–Trinajstić information content (AvgIpc) is 1.87. The molecule has 0 aromatic carbocycles. The Kier molecular flexibility index (Phi) is 4.10. The standard InChI is InChI=1S/C5H8N2OS/c6-2-1-5(8)4(7)3-9/h4,9H,1,3,7H2/t4-/m0/s1. The molecular formula is C5H8N2OS. The van der Waals surface area contributed by atoms with Crippen LogP contribution in [0.4, 0.5) is 0 Å². The molecule has 0 radical (unpaired) electrons. The maximum Gasteiger partial charge on any atom is 0.164 e. The van der Waals surface area contributed by atoms with Gasteiger partial charge in [0.05, 0.1) is 18.5 Å². The Balaban J connectivity index is 3.62. The Morgan fingerprint density at radius 1 is 1.89 bits per heavy atom. The van der Waals surface area contributed by atoms with Crippen LogP contribution in [0.2, 0.25) is 0 Å². The molecule has 2 N–H and O–H groups in total. The van der Waals surface area contributed by atoms with Crippen molar-refractivity contribution in [1.29, 1.82) is 5.26 Å². The van der Waals surface area contributed by atoms with Gasteiger partial charge in [0.15, 0.2) is 5.78 Å². The Labute approximate surface area is 59.2 Å². The summed E-state index contributed by atoms with van der Waals surface area (Å²) in [7, 11) is 0. The Hall–Kier alpha value is -0.530. The number of carbonyl (C=O) groups excluding carboxylic acids is 1. The van der Waals surface area contributed by atoms with Crippen LogP contribution >= 0.6 is 12.6 Å². The van der Waals surface area contributed by atoms with Crippen molar-refractivity contribution in [3.8, 4) is 6.07 Å². The van der Waals surface area contributed by atoms with E-state index in [0.717, 1.165) is 0 Å². The highest BCUT2D eigenvalue weighted by molar-refractivity contribution is 7.80. The van der Waals surface area contributed by atoms with Crippen molar-refractivity contribution in [3.63, 3.8) is 0 Å². The molecule has 0 aromatic heterocycles. The van der Waals surface area contributed by atoms with Crippen LogP contribution in [0.1, 0.15) is 6.42 Å². The van der Waals surface area contributed by atoms with E-state index in [-0.39, 0.29) is 12.2 Å². The van der Waals surface area contributed by atoms with Gasteiger partial charge in [-0.05, 0) is 0 Å². The SMILES string of the molecule is N#CCC(=O)[C@@H](N)CS. The lowest BCUT2D eigenvalue weighted by molar-refractivity contribution is -0.118. The predicted octanol–water partition coefficient (Wildman–Crippen LogP) is -0.274. The summed E-state index contributed by atoms with van der Waals surface area (Å²) >= 11 is 3.79. The molecule has 0 aliphatic heterocycles. The summed E-state index contributed by atoms with van der Waals surface area (Å²) in [6, 6.07) is 1.14. The minimum atomic E-state index is -0.576. The van der Waals surface area contributed by atoms with Gasteiger partial charge in [-0.25, -0.2) is 0 Å². The first kappa shape index (κ1) is 8.47. The van der Waals surface area contributed by atoms with E-state index in [1.807, 2.05) is 0 Å². The Morgan fingerprint density at radius 2 is 2.44 bits per heavy atom. The van der Waals surface area contributed by atoms with Gasteiger partial charge in [-0.1, -0.05) is 0 Å². The molecule has 9 heavy (non-hydrogen) atoms. The van der Waals surface area contributed by atoms with E-state index in [1.54, 1.807) is 6.07 Å². The number of nitrogens with zero attached hydrogens (tertiary/aromatic N) is 1. The summed E-state index contributed by atoms with van der Waals surface area (Å²) < 4.78 is 0. The van der Waals surface area contributed by atoms with E-state index in [4.69, 9.17) is 11.0 Å². The zero-order valence-electron chi connectivity index (χ0n) is 4.87. The molecule has 0 aromatic rings. The summed E-state index contributed by atoms with van der Waals surface area (Å²) in [4.78, 5) is 10.6. The van der Waals surface area contributed by atoms with Crippen LogP contribution < -0.4 is 5.73 Å². The molecule has 3 nitrogen and oxygen atoms in total. The zero-order chi connectivity index (χ0) is 7.28. The van der Waals surface area contributed by atoms with Crippen molar-refractivity contribution >= 4 is 18.4 Å². The minimum absolute atomic E-state index is 0.109. The van der Waals surface area contributed by atoms with Crippen molar-refractivity contribution in [2.24, 2.45) is 5.73 Å². The third-order valence-electron chi connectivity index (χ3n) is 0.864. The number of nitrogens with two attached hydrogens (primary N) is 1. The molecule has 0 unspecified atom stereocenters. The molecule has 0 fully saturated rings. The van der Waals surface area contributed by atoms with Crippen molar-refractivity contribution in [1.82, 2.24) is 0 Å².